The van der Waals surface area contributed by atoms with Crippen LogP contribution in [0.4, 0.5) is 5.69 Å². The Bertz CT molecular complexity index is 1140. The molecule has 3 aromatic rings. The number of hydrogen-bond acceptors (Lipinski definition) is 2. The summed E-state index contributed by atoms with van der Waals surface area (Å²) in [6.45, 7) is 4.68. The van der Waals surface area contributed by atoms with Gasteiger partial charge in [-0.05, 0) is 35.3 Å². The summed E-state index contributed by atoms with van der Waals surface area (Å²) in [5.41, 5.74) is 6.36. The Balaban J connectivity index is 1.61. The highest BCUT2D eigenvalue weighted by molar-refractivity contribution is 8.04. The third-order valence-corrected chi connectivity index (χ3v) is 7.39. The number of aliphatic imine (C=N–C) groups is 1. The molecule has 1 aliphatic carbocycles. The molecule has 0 aromatic heterocycles. The zero-order valence-corrected chi connectivity index (χ0v) is 18.1. The number of nitrogens with zero attached hydrogens (tertiary/aromatic N) is 1. The quantitative estimate of drug-likeness (QED) is 0.428. The van der Waals surface area contributed by atoms with Crippen molar-refractivity contribution in [2.45, 2.75) is 30.6 Å². The first-order valence-electron chi connectivity index (χ1n) is 10.6. The van der Waals surface area contributed by atoms with Crippen LogP contribution in [0.15, 0.2) is 117 Å². The molecule has 0 spiro atoms. The first kappa shape index (κ1) is 19.1. The van der Waals surface area contributed by atoms with Crippen molar-refractivity contribution < 1.29 is 0 Å². The minimum atomic E-state index is 0.338. The van der Waals surface area contributed by atoms with Crippen LogP contribution in [0.5, 0.6) is 0 Å². The molecule has 0 amide bonds. The summed E-state index contributed by atoms with van der Waals surface area (Å²) >= 11 is 1.85. The van der Waals surface area contributed by atoms with Crippen molar-refractivity contribution in [2.75, 3.05) is 0 Å². The highest BCUT2D eigenvalue weighted by Crippen LogP contribution is 2.47. The van der Waals surface area contributed by atoms with Crippen molar-refractivity contribution in [3.05, 3.63) is 119 Å². The fourth-order valence-corrected chi connectivity index (χ4v) is 5.50. The Kier molecular flexibility index (Phi) is 5.18. The maximum absolute atomic E-state index is 5.01. The number of benzene rings is 3. The number of para-hydroxylation sites is 1. The van der Waals surface area contributed by atoms with Gasteiger partial charge >= 0.3 is 0 Å². The molecule has 0 saturated heterocycles. The van der Waals surface area contributed by atoms with Crippen LogP contribution in [0, 0.1) is 5.92 Å². The summed E-state index contributed by atoms with van der Waals surface area (Å²) < 4.78 is 0. The van der Waals surface area contributed by atoms with Gasteiger partial charge in [-0.15, -0.1) is 0 Å². The molecule has 5 rings (SSSR count). The fraction of sp³-hybridized carbons (Fsp3) is 0.179. The molecule has 3 unspecified atom stereocenters. The third-order valence-electron chi connectivity index (χ3n) is 6.26. The van der Waals surface area contributed by atoms with Gasteiger partial charge in [0.25, 0.3) is 0 Å². The van der Waals surface area contributed by atoms with E-state index in [1.807, 2.05) is 11.8 Å². The summed E-state index contributed by atoms with van der Waals surface area (Å²) in [5.74, 6) is 1.08. The number of allylic oxidation sites excluding steroid dienone is 4. The van der Waals surface area contributed by atoms with Crippen LogP contribution in [0.1, 0.15) is 36.8 Å². The summed E-state index contributed by atoms with van der Waals surface area (Å²) in [5, 5.41) is 0. The molecule has 3 aromatic carbocycles. The van der Waals surface area contributed by atoms with Crippen molar-refractivity contribution in [2.24, 2.45) is 10.9 Å². The van der Waals surface area contributed by atoms with E-state index in [1.54, 1.807) is 0 Å². The van der Waals surface area contributed by atoms with Gasteiger partial charge in [0.05, 0.1) is 11.4 Å². The highest BCUT2D eigenvalue weighted by Gasteiger charge is 2.31. The Morgan fingerprint density at radius 1 is 0.767 bits per heavy atom. The second-order valence-corrected chi connectivity index (χ2v) is 9.18. The highest BCUT2D eigenvalue weighted by atomic mass is 32.2. The lowest BCUT2D eigenvalue weighted by Crippen LogP contribution is -2.21. The van der Waals surface area contributed by atoms with Crippen LogP contribution in [0.2, 0.25) is 0 Å². The zero-order chi connectivity index (χ0) is 20.5. The SMILES string of the molecule is CC(C1=CC2=Nc3ccccc3SC2=CC1C(C)c1ccccc1)c1ccccc1. The van der Waals surface area contributed by atoms with Crippen LogP contribution in [-0.4, -0.2) is 5.71 Å². The van der Waals surface area contributed by atoms with Crippen molar-refractivity contribution >= 4 is 23.2 Å². The van der Waals surface area contributed by atoms with Crippen molar-refractivity contribution in [3.8, 4) is 0 Å². The van der Waals surface area contributed by atoms with E-state index in [4.69, 9.17) is 4.99 Å². The molecule has 1 heterocycles. The third kappa shape index (κ3) is 3.57. The topological polar surface area (TPSA) is 12.4 Å². The van der Waals surface area contributed by atoms with Gasteiger partial charge in [-0.25, -0.2) is 4.99 Å². The maximum atomic E-state index is 5.01. The first-order valence-corrected chi connectivity index (χ1v) is 11.4. The summed E-state index contributed by atoms with van der Waals surface area (Å²) in [7, 11) is 0. The monoisotopic (exact) mass is 407 g/mol. The standard InChI is InChI=1S/C28H25NS/c1-19(21-11-5-3-6-12-21)23-17-26-28(30-27-16-10-9-15-25(27)29-26)18-24(23)20(2)22-13-7-4-8-14-22/h3-20,24H,1-2H3. The van der Waals surface area contributed by atoms with E-state index in [0.717, 1.165) is 11.4 Å². The molecule has 2 heteroatoms. The van der Waals surface area contributed by atoms with Gasteiger partial charge in [0, 0.05) is 21.6 Å². The zero-order valence-electron chi connectivity index (χ0n) is 17.3. The van der Waals surface area contributed by atoms with Gasteiger partial charge in [0.15, 0.2) is 0 Å². The average Bonchev–Trinajstić information content (AvgIpc) is 2.82. The van der Waals surface area contributed by atoms with Crippen LogP contribution in [-0.2, 0) is 0 Å². The normalized spacial score (nSPS) is 19.5. The smallest absolute Gasteiger partial charge is 0.0776 e. The molecular formula is C28H25NS. The van der Waals surface area contributed by atoms with Gasteiger partial charge in [0.1, 0.15) is 0 Å². The predicted molar refractivity (Wildman–Crippen MR) is 129 cm³/mol. The fourth-order valence-electron chi connectivity index (χ4n) is 4.47. The summed E-state index contributed by atoms with van der Waals surface area (Å²) in [6, 6.07) is 30.2. The first-order chi connectivity index (χ1) is 14.7. The van der Waals surface area contributed by atoms with Gasteiger partial charge in [-0.1, -0.05) is 110 Å². The molecule has 148 valence electrons. The number of hydrogen-bond donors (Lipinski definition) is 0. The van der Waals surface area contributed by atoms with Crippen LogP contribution < -0.4 is 0 Å². The molecule has 1 nitrogen and oxygen atoms in total. The summed E-state index contributed by atoms with van der Waals surface area (Å²) in [6.07, 6.45) is 4.83. The number of rotatable bonds is 4. The van der Waals surface area contributed by atoms with Crippen LogP contribution in [0.25, 0.3) is 0 Å². The maximum Gasteiger partial charge on any atom is 0.0776 e. The van der Waals surface area contributed by atoms with Crippen molar-refractivity contribution in [1.82, 2.24) is 0 Å². The summed E-state index contributed by atoms with van der Waals surface area (Å²) in [4.78, 5) is 7.54. The number of fused-ring (bicyclic) bond motifs is 2. The van der Waals surface area contributed by atoms with Crippen molar-refractivity contribution in [3.63, 3.8) is 0 Å². The molecule has 0 radical (unpaired) electrons. The van der Waals surface area contributed by atoms with Crippen LogP contribution >= 0.6 is 11.8 Å². The van der Waals surface area contributed by atoms with E-state index in [0.29, 0.717) is 17.8 Å². The lowest BCUT2D eigenvalue weighted by atomic mass is 9.73. The second-order valence-electron chi connectivity index (χ2n) is 8.10. The van der Waals surface area contributed by atoms with Crippen LogP contribution in [0.3, 0.4) is 0 Å². The molecule has 0 N–H and O–H groups in total. The minimum absolute atomic E-state index is 0.338. The van der Waals surface area contributed by atoms with E-state index < -0.39 is 0 Å². The van der Waals surface area contributed by atoms with Gasteiger partial charge < -0.3 is 0 Å². The molecule has 2 aliphatic rings. The average molecular weight is 408 g/mol. The van der Waals surface area contributed by atoms with E-state index >= 15 is 0 Å². The second kappa shape index (κ2) is 8.12. The van der Waals surface area contributed by atoms with Gasteiger partial charge in [-0.2, -0.15) is 0 Å². The Morgan fingerprint density at radius 3 is 2.13 bits per heavy atom. The lowest BCUT2D eigenvalue weighted by molar-refractivity contribution is 0.577. The molecule has 0 bridgehead atoms. The minimum Gasteiger partial charge on any atom is -0.247 e. The predicted octanol–water partition coefficient (Wildman–Crippen LogP) is 7.91. The molecule has 30 heavy (non-hydrogen) atoms. The molecule has 0 fully saturated rings. The molecular weight excluding hydrogens is 382 g/mol. The molecule has 0 saturated carbocycles. The van der Waals surface area contributed by atoms with Gasteiger partial charge in [-0.3, -0.25) is 0 Å². The van der Waals surface area contributed by atoms with E-state index in [9.17, 15) is 0 Å². The lowest BCUT2D eigenvalue weighted by Gasteiger charge is -2.33. The van der Waals surface area contributed by atoms with E-state index in [-0.39, 0.29) is 0 Å². The largest absolute Gasteiger partial charge is 0.247 e. The van der Waals surface area contributed by atoms with E-state index in [2.05, 4.69) is 111 Å². The molecule has 1 aliphatic heterocycles. The van der Waals surface area contributed by atoms with Crippen molar-refractivity contribution in [1.29, 1.82) is 0 Å². The van der Waals surface area contributed by atoms with E-state index in [1.165, 1.54) is 26.5 Å². The number of thioether (sulfide) groups is 1. The Hall–Kier alpha value is -2.84. The Morgan fingerprint density at radius 2 is 1.40 bits per heavy atom. The Labute approximate surface area is 183 Å². The van der Waals surface area contributed by atoms with Gasteiger partial charge in [0.2, 0.25) is 0 Å². The molecule has 3 atom stereocenters.